The van der Waals surface area contributed by atoms with Crippen molar-refractivity contribution in [2.75, 3.05) is 6.54 Å². The number of carbonyl (C=O) groups is 1. The quantitative estimate of drug-likeness (QED) is 0.511. The number of hydrogen-bond donors (Lipinski definition) is 1. The minimum Gasteiger partial charge on any atom is -0.352 e. The van der Waals surface area contributed by atoms with E-state index in [-0.39, 0.29) is 5.56 Å². The smallest absolute Gasteiger partial charge is 0.290 e. The highest BCUT2D eigenvalue weighted by atomic mass is 35.7. The van der Waals surface area contributed by atoms with Gasteiger partial charge in [0.25, 0.3) is 20.6 Å². The average Bonchev–Trinajstić information content (AvgIpc) is 2.27. The molecule has 7 nitrogen and oxygen atoms in total. The first-order chi connectivity index (χ1) is 8.27. The lowest BCUT2D eigenvalue weighted by molar-refractivity contribution is -0.387. The number of nitro benzene ring substituents is 1. The summed E-state index contributed by atoms with van der Waals surface area (Å²) < 4.78 is 22.3. The van der Waals surface area contributed by atoms with Crippen molar-refractivity contribution < 1.29 is 18.1 Å². The van der Waals surface area contributed by atoms with Gasteiger partial charge in [0.1, 0.15) is 0 Å². The molecule has 0 fully saturated rings. The largest absolute Gasteiger partial charge is 0.352 e. The molecule has 0 saturated carbocycles. The highest BCUT2D eigenvalue weighted by molar-refractivity contribution is 8.13. The van der Waals surface area contributed by atoms with Gasteiger partial charge in [-0.1, -0.05) is 0 Å². The van der Waals surface area contributed by atoms with Gasteiger partial charge in [-0.25, -0.2) is 8.42 Å². The monoisotopic (exact) mass is 292 g/mol. The summed E-state index contributed by atoms with van der Waals surface area (Å²) in [5, 5.41) is 13.2. The Morgan fingerprint density at radius 1 is 1.50 bits per heavy atom. The van der Waals surface area contributed by atoms with Crippen molar-refractivity contribution in [3.05, 3.63) is 33.9 Å². The number of hydrogen-bond acceptors (Lipinski definition) is 5. The van der Waals surface area contributed by atoms with E-state index in [2.05, 4.69) is 5.32 Å². The summed E-state index contributed by atoms with van der Waals surface area (Å²) in [6.07, 6.45) is 0. The fraction of sp³-hybridized carbons (Fsp3) is 0.222. The van der Waals surface area contributed by atoms with Crippen LogP contribution in [0.1, 0.15) is 17.3 Å². The van der Waals surface area contributed by atoms with Crippen molar-refractivity contribution in [1.82, 2.24) is 5.32 Å². The van der Waals surface area contributed by atoms with Gasteiger partial charge in [-0.2, -0.15) is 0 Å². The molecule has 18 heavy (non-hydrogen) atoms. The molecule has 1 N–H and O–H groups in total. The number of carbonyl (C=O) groups excluding carboxylic acids is 1. The van der Waals surface area contributed by atoms with E-state index in [1.54, 1.807) is 6.92 Å². The van der Waals surface area contributed by atoms with Crippen LogP contribution < -0.4 is 5.32 Å². The number of nitrogens with one attached hydrogen (secondary N) is 1. The van der Waals surface area contributed by atoms with Crippen LogP contribution in [-0.4, -0.2) is 25.8 Å². The van der Waals surface area contributed by atoms with Gasteiger partial charge in [-0.3, -0.25) is 14.9 Å². The topological polar surface area (TPSA) is 106 Å². The van der Waals surface area contributed by atoms with Crippen molar-refractivity contribution in [3.8, 4) is 0 Å². The molecule has 0 spiro atoms. The summed E-state index contributed by atoms with van der Waals surface area (Å²) in [6, 6.07) is 2.97. The number of rotatable bonds is 4. The van der Waals surface area contributed by atoms with Crippen LogP contribution >= 0.6 is 10.7 Å². The maximum atomic E-state index is 11.5. The molecule has 1 amide bonds. The van der Waals surface area contributed by atoms with Crippen LogP contribution in [0.3, 0.4) is 0 Å². The molecular weight excluding hydrogens is 284 g/mol. The van der Waals surface area contributed by atoms with Crippen molar-refractivity contribution in [2.24, 2.45) is 0 Å². The zero-order chi connectivity index (χ0) is 13.9. The number of amides is 1. The molecule has 1 aromatic carbocycles. The Hall–Kier alpha value is -1.67. The van der Waals surface area contributed by atoms with E-state index in [4.69, 9.17) is 10.7 Å². The predicted molar refractivity (Wildman–Crippen MR) is 64.1 cm³/mol. The molecule has 1 aromatic rings. The van der Waals surface area contributed by atoms with E-state index >= 15 is 0 Å². The van der Waals surface area contributed by atoms with Crippen LogP contribution in [0, 0.1) is 10.1 Å². The maximum Gasteiger partial charge on any atom is 0.290 e. The van der Waals surface area contributed by atoms with Gasteiger partial charge in [0.05, 0.1) is 4.92 Å². The van der Waals surface area contributed by atoms with Gasteiger partial charge < -0.3 is 5.32 Å². The molecule has 0 bridgehead atoms. The van der Waals surface area contributed by atoms with Gasteiger partial charge in [0, 0.05) is 28.9 Å². The third-order valence-corrected chi connectivity index (χ3v) is 3.39. The molecule has 9 heteroatoms. The minimum atomic E-state index is -4.23. The maximum absolute atomic E-state index is 11.5. The van der Waals surface area contributed by atoms with E-state index in [0.717, 1.165) is 18.2 Å². The molecule has 0 unspecified atom stereocenters. The Morgan fingerprint density at radius 3 is 2.56 bits per heavy atom. The van der Waals surface area contributed by atoms with Gasteiger partial charge in [0.2, 0.25) is 0 Å². The molecule has 0 saturated heterocycles. The lowest BCUT2D eigenvalue weighted by Gasteiger charge is -2.04. The van der Waals surface area contributed by atoms with Gasteiger partial charge in [-0.15, -0.1) is 0 Å². The second-order valence-corrected chi connectivity index (χ2v) is 5.77. The fourth-order valence-corrected chi connectivity index (χ4v) is 2.28. The molecule has 0 heterocycles. The average molecular weight is 293 g/mol. The Balaban J connectivity index is 3.37. The molecule has 0 atom stereocenters. The first-order valence-electron chi connectivity index (χ1n) is 4.78. The third-order valence-electron chi connectivity index (χ3n) is 2.02. The van der Waals surface area contributed by atoms with Crippen LogP contribution in [0.2, 0.25) is 0 Å². The number of halogens is 1. The van der Waals surface area contributed by atoms with Crippen LogP contribution in [0.15, 0.2) is 23.1 Å². The summed E-state index contributed by atoms with van der Waals surface area (Å²) in [7, 11) is 0.834. The normalized spacial score (nSPS) is 11.0. The Labute approximate surface area is 107 Å². The summed E-state index contributed by atoms with van der Waals surface area (Å²) in [5.74, 6) is -0.529. The summed E-state index contributed by atoms with van der Waals surface area (Å²) in [6.45, 7) is 2.03. The molecule has 0 aliphatic heterocycles. The lowest BCUT2D eigenvalue weighted by Crippen LogP contribution is -2.22. The highest BCUT2D eigenvalue weighted by Crippen LogP contribution is 2.27. The Morgan fingerprint density at radius 2 is 2.11 bits per heavy atom. The number of benzene rings is 1. The molecule has 0 radical (unpaired) electrons. The van der Waals surface area contributed by atoms with Crippen LogP contribution in [0.5, 0.6) is 0 Å². The Kier molecular flexibility index (Phi) is 4.25. The van der Waals surface area contributed by atoms with Crippen molar-refractivity contribution in [2.45, 2.75) is 11.8 Å². The molecule has 0 aromatic heterocycles. The van der Waals surface area contributed by atoms with Gasteiger partial charge in [0.15, 0.2) is 4.90 Å². The SMILES string of the molecule is CCNC(=O)c1ccc(S(=O)(=O)Cl)c([N+](=O)[O-])c1. The van der Waals surface area contributed by atoms with Crippen molar-refractivity contribution in [3.63, 3.8) is 0 Å². The van der Waals surface area contributed by atoms with Crippen molar-refractivity contribution in [1.29, 1.82) is 0 Å². The van der Waals surface area contributed by atoms with E-state index in [0.29, 0.717) is 6.54 Å². The lowest BCUT2D eigenvalue weighted by atomic mass is 10.2. The summed E-state index contributed by atoms with van der Waals surface area (Å²) in [5.41, 5.74) is -0.735. The van der Waals surface area contributed by atoms with E-state index in [1.165, 1.54) is 0 Å². The zero-order valence-corrected chi connectivity index (χ0v) is 10.8. The molecule has 0 aliphatic rings. The van der Waals surface area contributed by atoms with Gasteiger partial charge >= 0.3 is 0 Å². The van der Waals surface area contributed by atoms with Crippen LogP contribution in [0.4, 0.5) is 5.69 Å². The number of nitrogens with zero attached hydrogens (tertiary/aromatic N) is 1. The highest BCUT2D eigenvalue weighted by Gasteiger charge is 2.25. The van der Waals surface area contributed by atoms with Gasteiger partial charge in [-0.05, 0) is 19.1 Å². The Bertz CT molecular complexity index is 599. The van der Waals surface area contributed by atoms with Crippen molar-refractivity contribution >= 4 is 31.3 Å². The molecule has 1 rings (SSSR count). The molecule has 0 aliphatic carbocycles. The van der Waals surface area contributed by atoms with E-state index in [1.807, 2.05) is 0 Å². The molecular formula is C9H9ClN2O5S. The third kappa shape index (κ3) is 3.17. The minimum absolute atomic E-state index is 0.00684. The predicted octanol–water partition coefficient (Wildman–Crippen LogP) is 1.27. The van der Waals surface area contributed by atoms with E-state index < -0.39 is 30.5 Å². The molecule has 98 valence electrons. The van der Waals surface area contributed by atoms with E-state index in [9.17, 15) is 23.3 Å². The second-order valence-electron chi connectivity index (χ2n) is 3.24. The zero-order valence-electron chi connectivity index (χ0n) is 9.21. The summed E-state index contributed by atoms with van der Waals surface area (Å²) in [4.78, 5) is 20.7. The number of nitro groups is 1. The second kappa shape index (κ2) is 5.32. The van der Waals surface area contributed by atoms with Crippen LogP contribution in [0.25, 0.3) is 0 Å². The summed E-state index contributed by atoms with van der Waals surface area (Å²) >= 11 is 0. The van der Waals surface area contributed by atoms with Crippen LogP contribution in [-0.2, 0) is 9.05 Å². The fourth-order valence-electron chi connectivity index (χ4n) is 1.27. The first-order valence-corrected chi connectivity index (χ1v) is 7.09. The standard InChI is InChI=1S/C9H9ClN2O5S/c1-2-11-9(13)6-3-4-8(18(10,16)17)7(5-6)12(14)15/h3-5H,2H2,1H3,(H,11,13). The first kappa shape index (κ1) is 14.4.